The number of alkyl halides is 1. The number of hydrogen-bond acceptors (Lipinski definition) is 4. The average Bonchev–Trinajstić information content (AvgIpc) is 2.54. The van der Waals surface area contributed by atoms with Crippen LogP contribution >= 0.6 is 11.6 Å². The highest BCUT2D eigenvalue weighted by Gasteiger charge is 2.35. The summed E-state index contributed by atoms with van der Waals surface area (Å²) in [4.78, 5) is 27.5. The highest BCUT2D eigenvalue weighted by molar-refractivity contribution is 6.27. The summed E-state index contributed by atoms with van der Waals surface area (Å²) in [6.07, 6.45) is 0.522. The minimum Gasteiger partial charge on any atom is -0.444 e. The monoisotopic (exact) mass is 317 g/mol. The molecule has 2 rings (SSSR count). The molecule has 21 heavy (non-hydrogen) atoms. The zero-order chi connectivity index (χ0) is 15.6. The summed E-state index contributed by atoms with van der Waals surface area (Å²) in [5, 5.41) is 3.49. The van der Waals surface area contributed by atoms with Crippen LogP contribution in [0, 0.1) is 0 Å². The molecule has 2 atom stereocenters. The molecule has 2 aliphatic heterocycles. The van der Waals surface area contributed by atoms with Crippen LogP contribution in [-0.4, -0.2) is 71.5 Å². The number of nitrogens with zero attached hydrogens (tertiary/aromatic N) is 2. The molecule has 0 aromatic rings. The van der Waals surface area contributed by atoms with Crippen LogP contribution in [0.15, 0.2) is 0 Å². The highest BCUT2D eigenvalue weighted by Crippen LogP contribution is 2.17. The summed E-state index contributed by atoms with van der Waals surface area (Å²) >= 11 is 5.64. The Kier molecular flexibility index (Phi) is 4.99. The second kappa shape index (κ2) is 6.40. The normalized spacial score (nSPS) is 26.3. The zero-order valence-electron chi connectivity index (χ0n) is 12.9. The van der Waals surface area contributed by atoms with Gasteiger partial charge in [-0.2, -0.15) is 0 Å². The summed E-state index contributed by atoms with van der Waals surface area (Å²) < 4.78 is 5.43. The van der Waals surface area contributed by atoms with Crippen LogP contribution in [0.3, 0.4) is 0 Å². The van der Waals surface area contributed by atoms with Gasteiger partial charge in [0, 0.05) is 38.3 Å². The number of fused-ring (bicyclic) bond motifs is 2. The maximum absolute atomic E-state index is 12.2. The molecule has 1 N–H and O–H groups in total. The van der Waals surface area contributed by atoms with E-state index in [1.807, 2.05) is 20.8 Å². The minimum absolute atomic E-state index is 0.00915. The van der Waals surface area contributed by atoms with Gasteiger partial charge in [-0.05, 0) is 27.2 Å². The lowest BCUT2D eigenvalue weighted by molar-refractivity contribution is -0.130. The zero-order valence-corrected chi connectivity index (χ0v) is 13.7. The van der Waals surface area contributed by atoms with Gasteiger partial charge in [-0.3, -0.25) is 4.79 Å². The second-order valence-corrected chi connectivity index (χ2v) is 6.98. The average molecular weight is 318 g/mol. The largest absolute Gasteiger partial charge is 0.444 e. The van der Waals surface area contributed by atoms with Gasteiger partial charge >= 0.3 is 6.09 Å². The molecule has 2 saturated heterocycles. The molecule has 2 heterocycles. The Morgan fingerprint density at radius 2 is 1.81 bits per heavy atom. The van der Waals surface area contributed by atoms with Crippen LogP contribution in [0.4, 0.5) is 4.79 Å². The molecule has 2 bridgehead atoms. The molecule has 120 valence electrons. The number of hydrogen-bond donors (Lipinski definition) is 1. The number of halogens is 1. The van der Waals surface area contributed by atoms with Crippen LogP contribution < -0.4 is 5.32 Å². The van der Waals surface area contributed by atoms with Crippen LogP contribution in [0.2, 0.25) is 0 Å². The Hall–Kier alpha value is -1.01. The van der Waals surface area contributed by atoms with Crippen LogP contribution in [0.5, 0.6) is 0 Å². The van der Waals surface area contributed by atoms with Gasteiger partial charge in [0.15, 0.2) is 0 Å². The van der Waals surface area contributed by atoms with Gasteiger partial charge < -0.3 is 19.9 Å². The molecule has 2 amide bonds. The van der Waals surface area contributed by atoms with E-state index in [1.54, 1.807) is 9.80 Å². The molecular weight excluding hydrogens is 294 g/mol. The van der Waals surface area contributed by atoms with Crippen molar-refractivity contribution in [3.05, 3.63) is 0 Å². The van der Waals surface area contributed by atoms with E-state index >= 15 is 0 Å². The fourth-order valence-corrected chi connectivity index (χ4v) is 2.95. The first kappa shape index (κ1) is 16.4. The Morgan fingerprint density at radius 1 is 1.19 bits per heavy atom. The fraction of sp³-hybridized carbons (Fsp3) is 0.857. The molecule has 0 aromatic heterocycles. The van der Waals surface area contributed by atoms with Crippen molar-refractivity contribution in [2.24, 2.45) is 0 Å². The molecule has 0 spiro atoms. The van der Waals surface area contributed by atoms with Gasteiger partial charge in [0.1, 0.15) is 11.5 Å². The number of rotatable bonds is 1. The Labute approximate surface area is 130 Å². The maximum atomic E-state index is 12.2. The van der Waals surface area contributed by atoms with Gasteiger partial charge in [0.2, 0.25) is 5.91 Å². The highest BCUT2D eigenvalue weighted by atomic mass is 35.5. The van der Waals surface area contributed by atoms with Crippen LogP contribution in [-0.2, 0) is 9.53 Å². The SMILES string of the molecule is CC(C)(C)OC(=O)N1CCC2CN(C(=O)CCl)CC(C1)N2. The van der Waals surface area contributed by atoms with Crippen LogP contribution in [0.1, 0.15) is 27.2 Å². The smallest absolute Gasteiger partial charge is 0.410 e. The first-order chi connectivity index (χ1) is 9.78. The molecule has 0 aromatic carbocycles. The molecular formula is C14H24ClN3O3. The number of nitrogens with one attached hydrogen (secondary N) is 1. The van der Waals surface area contributed by atoms with E-state index in [2.05, 4.69) is 5.32 Å². The predicted molar refractivity (Wildman–Crippen MR) is 80.4 cm³/mol. The van der Waals surface area contributed by atoms with Crippen LogP contribution in [0.25, 0.3) is 0 Å². The molecule has 6 nitrogen and oxygen atoms in total. The van der Waals surface area contributed by atoms with Crippen molar-refractivity contribution in [3.8, 4) is 0 Å². The molecule has 7 heteroatoms. The molecule has 2 aliphatic rings. The Bertz CT molecular complexity index is 411. The Morgan fingerprint density at radius 3 is 2.43 bits per heavy atom. The molecule has 0 saturated carbocycles. The molecule has 0 aliphatic carbocycles. The first-order valence-electron chi connectivity index (χ1n) is 7.36. The van der Waals surface area contributed by atoms with E-state index in [0.717, 1.165) is 6.42 Å². The standard InChI is InChI=1S/C14H24ClN3O3/c1-14(2,3)21-13(20)17-5-4-10-7-18(12(19)6-15)9-11(8-17)16-10/h10-11,16H,4-9H2,1-3H3. The quantitative estimate of drug-likeness (QED) is 0.734. The summed E-state index contributed by atoms with van der Waals surface area (Å²) in [5.41, 5.74) is -0.494. The first-order valence-corrected chi connectivity index (χ1v) is 7.89. The maximum Gasteiger partial charge on any atom is 0.410 e. The number of ether oxygens (including phenoxy) is 1. The van der Waals surface area contributed by atoms with E-state index in [1.165, 1.54) is 0 Å². The van der Waals surface area contributed by atoms with E-state index in [-0.39, 0.29) is 30.0 Å². The van der Waals surface area contributed by atoms with E-state index < -0.39 is 5.60 Å². The van der Waals surface area contributed by atoms with E-state index in [9.17, 15) is 9.59 Å². The summed E-state index contributed by atoms with van der Waals surface area (Å²) in [6.45, 7) is 8.02. The second-order valence-electron chi connectivity index (χ2n) is 6.71. The lowest BCUT2D eigenvalue weighted by Gasteiger charge is -2.37. The van der Waals surface area contributed by atoms with Crippen molar-refractivity contribution in [1.29, 1.82) is 0 Å². The van der Waals surface area contributed by atoms with Gasteiger partial charge in [-0.1, -0.05) is 0 Å². The van der Waals surface area contributed by atoms with Crippen molar-refractivity contribution in [2.45, 2.75) is 44.9 Å². The van der Waals surface area contributed by atoms with Crippen molar-refractivity contribution in [1.82, 2.24) is 15.1 Å². The van der Waals surface area contributed by atoms with Crippen molar-refractivity contribution in [3.63, 3.8) is 0 Å². The number of carbonyl (C=O) groups excluding carboxylic acids is 2. The minimum atomic E-state index is -0.494. The van der Waals surface area contributed by atoms with E-state index in [0.29, 0.717) is 26.2 Å². The Balaban J connectivity index is 1.99. The summed E-state index contributed by atoms with van der Waals surface area (Å²) in [6, 6.07) is 0.286. The van der Waals surface area contributed by atoms with Crippen molar-refractivity contribution >= 4 is 23.6 Å². The van der Waals surface area contributed by atoms with Gasteiger partial charge in [-0.25, -0.2) is 4.79 Å². The fourth-order valence-electron chi connectivity index (χ4n) is 2.78. The topological polar surface area (TPSA) is 61.9 Å². The van der Waals surface area contributed by atoms with Gasteiger partial charge in [0.25, 0.3) is 0 Å². The summed E-state index contributed by atoms with van der Waals surface area (Å²) in [7, 11) is 0. The third-order valence-corrected chi connectivity index (χ3v) is 3.89. The molecule has 2 unspecified atom stereocenters. The van der Waals surface area contributed by atoms with Gasteiger partial charge in [0.05, 0.1) is 0 Å². The predicted octanol–water partition coefficient (Wildman–Crippen LogP) is 1.03. The van der Waals surface area contributed by atoms with Crippen molar-refractivity contribution in [2.75, 3.05) is 32.1 Å². The lowest BCUT2D eigenvalue weighted by atomic mass is 10.1. The molecule has 0 radical (unpaired) electrons. The third kappa shape index (κ3) is 4.48. The van der Waals surface area contributed by atoms with E-state index in [4.69, 9.17) is 16.3 Å². The lowest BCUT2D eigenvalue weighted by Crippen LogP contribution is -2.59. The summed E-state index contributed by atoms with van der Waals surface area (Å²) in [5.74, 6) is -0.0336. The number of carbonyl (C=O) groups is 2. The molecule has 2 fully saturated rings. The number of piperazine rings is 1. The van der Waals surface area contributed by atoms with Gasteiger partial charge in [-0.15, -0.1) is 11.6 Å². The third-order valence-electron chi connectivity index (χ3n) is 3.66. The van der Waals surface area contributed by atoms with Crippen molar-refractivity contribution < 1.29 is 14.3 Å². The number of amides is 2.